The van der Waals surface area contributed by atoms with E-state index in [2.05, 4.69) is 64.2 Å². The number of allylic oxidation sites excluding steroid dienone is 8. The molecule has 1 saturated heterocycles. The Morgan fingerprint density at radius 1 is 0.852 bits per heavy atom. The van der Waals surface area contributed by atoms with Gasteiger partial charge in [-0.05, 0) is 53.4 Å². The van der Waals surface area contributed by atoms with Crippen molar-refractivity contribution in [3.63, 3.8) is 0 Å². The average molecular weight is 420 g/mol. The molecule has 160 valence electrons. The van der Waals surface area contributed by atoms with E-state index in [0.29, 0.717) is 12.2 Å². The Morgan fingerprint density at radius 3 is 1.33 bits per heavy atom. The molecule has 1 fully saturated rings. The van der Waals surface area contributed by atoms with E-state index in [-0.39, 0.29) is 45.1 Å². The van der Waals surface area contributed by atoms with Crippen LogP contribution in [0.3, 0.4) is 0 Å². The molecule has 0 aromatic heterocycles. The van der Waals surface area contributed by atoms with Crippen LogP contribution in [-0.2, 0) is 26.5 Å². The molecule has 2 atom stereocenters. The first-order valence-electron chi connectivity index (χ1n) is 8.88. The number of hydrogen-bond donors (Lipinski definition) is 0. The fourth-order valence-corrected chi connectivity index (χ4v) is 2.71. The van der Waals surface area contributed by atoms with Crippen molar-refractivity contribution >= 4 is 0 Å². The van der Waals surface area contributed by atoms with Crippen molar-refractivity contribution in [2.24, 2.45) is 0 Å². The Balaban J connectivity index is -0.000000145. The van der Waals surface area contributed by atoms with Crippen LogP contribution in [0.5, 0.6) is 0 Å². The normalized spacial score (nSPS) is 22.9. The van der Waals surface area contributed by atoms with Crippen molar-refractivity contribution in [3.05, 3.63) is 62.5 Å². The number of hydrogen-bond acceptors (Lipinski definition) is 2. The van der Waals surface area contributed by atoms with Gasteiger partial charge in [-0.3, -0.25) is 0 Å². The van der Waals surface area contributed by atoms with E-state index in [9.17, 15) is 0 Å². The molecule has 1 heterocycles. The zero-order valence-corrected chi connectivity index (χ0v) is 19.2. The molecular formula is C24H44FeO2. The molecule has 0 amide bonds. The Labute approximate surface area is 181 Å². The smallest absolute Gasteiger partial charge is 0.358 e. The van der Waals surface area contributed by atoms with Crippen molar-refractivity contribution in [2.75, 3.05) is 0 Å². The van der Waals surface area contributed by atoms with Crippen LogP contribution in [0.15, 0.2) is 47.6 Å². The van der Waals surface area contributed by atoms with Crippen LogP contribution in [0.4, 0.5) is 0 Å². The Morgan fingerprint density at radius 2 is 1.19 bits per heavy atom. The van der Waals surface area contributed by atoms with Crippen LogP contribution in [0, 0.1) is 14.9 Å². The van der Waals surface area contributed by atoms with Crippen LogP contribution in [0.1, 0.15) is 74.7 Å². The van der Waals surface area contributed by atoms with E-state index < -0.39 is 0 Å². The SMILES string of the molecule is C.CC1=CC=CC1.CC1=CC=CC1.CCC1OC(C)(C)OC1CC.[CH3-].[CH3-].[Fe+2]. The summed E-state index contributed by atoms with van der Waals surface area (Å²) in [4.78, 5) is 0. The van der Waals surface area contributed by atoms with Crippen molar-refractivity contribution in [1.29, 1.82) is 0 Å². The molecular weight excluding hydrogens is 376 g/mol. The van der Waals surface area contributed by atoms with Gasteiger partial charge in [-0.25, -0.2) is 0 Å². The molecule has 0 N–H and O–H groups in total. The first kappa shape index (κ1) is 33.9. The number of rotatable bonds is 2. The van der Waals surface area contributed by atoms with Gasteiger partial charge in [0.2, 0.25) is 0 Å². The zero-order valence-electron chi connectivity index (χ0n) is 18.1. The topological polar surface area (TPSA) is 18.5 Å². The first-order valence-corrected chi connectivity index (χ1v) is 8.88. The first-order chi connectivity index (χ1) is 10.9. The van der Waals surface area contributed by atoms with Crippen LogP contribution >= 0.6 is 0 Å². The van der Waals surface area contributed by atoms with Gasteiger partial charge in [0.05, 0.1) is 12.2 Å². The predicted molar refractivity (Wildman–Crippen MR) is 119 cm³/mol. The molecule has 2 unspecified atom stereocenters. The van der Waals surface area contributed by atoms with E-state index >= 15 is 0 Å². The molecule has 3 aliphatic rings. The minimum Gasteiger partial charge on any atom is -0.358 e. The molecule has 0 aromatic rings. The Hall–Kier alpha value is -0.601. The molecule has 0 aromatic carbocycles. The van der Waals surface area contributed by atoms with Crippen LogP contribution in [-0.4, -0.2) is 18.0 Å². The van der Waals surface area contributed by atoms with Gasteiger partial charge in [-0.1, -0.05) is 68.9 Å². The van der Waals surface area contributed by atoms with Gasteiger partial charge in [-0.2, -0.15) is 0 Å². The summed E-state index contributed by atoms with van der Waals surface area (Å²) in [6.45, 7) is 12.5. The van der Waals surface area contributed by atoms with Gasteiger partial charge >= 0.3 is 17.1 Å². The van der Waals surface area contributed by atoms with Gasteiger partial charge in [0.25, 0.3) is 0 Å². The molecule has 3 rings (SSSR count). The van der Waals surface area contributed by atoms with Gasteiger partial charge in [0.15, 0.2) is 5.79 Å². The molecule has 0 radical (unpaired) electrons. The Bertz CT molecular complexity index is 431. The van der Waals surface area contributed by atoms with Crippen molar-refractivity contribution in [2.45, 2.75) is 92.6 Å². The second-order valence-corrected chi connectivity index (χ2v) is 6.82. The standard InChI is InChI=1S/C9H18O2.2C6H8.CH4.2CH3.Fe/c1-5-7-8(6-2)11-9(3,4)10-7;2*1-6-4-2-3-5-6;;;;/h7-8H,5-6H2,1-4H3;2*2-4H,5H2,1H3;1H4;2*1H3;/q;;;;2*-1;+2. The zero-order chi connectivity index (χ0) is 17.3. The van der Waals surface area contributed by atoms with Crippen LogP contribution < -0.4 is 0 Å². The van der Waals surface area contributed by atoms with Crippen molar-refractivity contribution < 1.29 is 26.5 Å². The number of ether oxygens (including phenoxy) is 2. The minimum absolute atomic E-state index is 0. The molecule has 0 bridgehead atoms. The molecule has 2 nitrogen and oxygen atoms in total. The third-order valence-electron chi connectivity index (χ3n) is 4.00. The summed E-state index contributed by atoms with van der Waals surface area (Å²) < 4.78 is 11.4. The molecule has 1 aliphatic heterocycles. The molecule has 0 spiro atoms. The molecule has 0 saturated carbocycles. The van der Waals surface area contributed by atoms with Crippen LogP contribution in [0.2, 0.25) is 0 Å². The van der Waals surface area contributed by atoms with E-state index in [0.717, 1.165) is 12.8 Å². The van der Waals surface area contributed by atoms with E-state index in [1.165, 1.54) is 24.0 Å². The van der Waals surface area contributed by atoms with E-state index in [4.69, 9.17) is 9.47 Å². The fraction of sp³-hybridized carbons (Fsp3) is 0.583. The summed E-state index contributed by atoms with van der Waals surface area (Å²) in [5.74, 6) is -0.360. The summed E-state index contributed by atoms with van der Waals surface area (Å²) >= 11 is 0. The van der Waals surface area contributed by atoms with Gasteiger partial charge < -0.3 is 24.3 Å². The summed E-state index contributed by atoms with van der Waals surface area (Å²) in [6.07, 6.45) is 17.8. The maximum absolute atomic E-state index is 5.68. The maximum Gasteiger partial charge on any atom is 2.00 e. The summed E-state index contributed by atoms with van der Waals surface area (Å²) in [6, 6.07) is 0. The second-order valence-electron chi connectivity index (χ2n) is 6.82. The van der Waals surface area contributed by atoms with Crippen molar-refractivity contribution in [1.82, 2.24) is 0 Å². The predicted octanol–water partition coefficient (Wildman–Crippen LogP) is 7.65. The third-order valence-corrected chi connectivity index (χ3v) is 4.00. The van der Waals surface area contributed by atoms with Crippen molar-refractivity contribution in [3.8, 4) is 0 Å². The fourth-order valence-electron chi connectivity index (χ4n) is 2.71. The molecule has 27 heavy (non-hydrogen) atoms. The monoisotopic (exact) mass is 420 g/mol. The summed E-state index contributed by atoms with van der Waals surface area (Å²) in [7, 11) is 0. The minimum atomic E-state index is -0.360. The quantitative estimate of drug-likeness (QED) is 0.337. The second kappa shape index (κ2) is 17.5. The molecule has 3 heteroatoms. The summed E-state index contributed by atoms with van der Waals surface area (Å²) in [5.41, 5.74) is 2.94. The largest absolute Gasteiger partial charge is 2.00 e. The third kappa shape index (κ3) is 14.1. The molecule has 2 aliphatic carbocycles. The maximum atomic E-state index is 5.68. The van der Waals surface area contributed by atoms with E-state index in [1.807, 2.05) is 13.8 Å². The van der Waals surface area contributed by atoms with Gasteiger partial charge in [0, 0.05) is 0 Å². The Kier molecular flexibility index (Phi) is 22.0. The summed E-state index contributed by atoms with van der Waals surface area (Å²) in [5, 5.41) is 0. The van der Waals surface area contributed by atoms with Gasteiger partial charge in [0.1, 0.15) is 0 Å². The van der Waals surface area contributed by atoms with E-state index in [1.54, 1.807) is 0 Å². The van der Waals surface area contributed by atoms with Gasteiger partial charge in [-0.15, -0.1) is 0 Å². The average Bonchev–Trinajstić information content (AvgIpc) is 3.22. The van der Waals surface area contributed by atoms with Crippen LogP contribution in [0.25, 0.3) is 0 Å².